The van der Waals surface area contributed by atoms with Gasteiger partial charge in [-0.3, -0.25) is 0 Å². The number of hydrogen-bond donors (Lipinski definition) is 1. The summed E-state index contributed by atoms with van der Waals surface area (Å²) in [6.45, 7) is 5.38. The van der Waals surface area contributed by atoms with Crippen molar-refractivity contribution in [1.82, 2.24) is 4.90 Å². The summed E-state index contributed by atoms with van der Waals surface area (Å²) in [5, 5.41) is 4.76. The predicted octanol–water partition coefficient (Wildman–Crippen LogP) is 4.32. The molecule has 0 amide bonds. The second-order valence-corrected chi connectivity index (χ2v) is 9.42. The zero-order valence-electron chi connectivity index (χ0n) is 17.2. The third-order valence-electron chi connectivity index (χ3n) is 5.88. The Morgan fingerprint density at radius 1 is 1.23 bits per heavy atom. The second kappa shape index (κ2) is 8.89. The van der Waals surface area contributed by atoms with Gasteiger partial charge in [-0.2, -0.15) is 0 Å². The van der Waals surface area contributed by atoms with Crippen LogP contribution in [0.1, 0.15) is 34.1 Å². The van der Waals surface area contributed by atoms with Gasteiger partial charge in [-0.25, -0.2) is 9.18 Å². The van der Waals surface area contributed by atoms with Crippen LogP contribution in [0.15, 0.2) is 24.3 Å². The molecule has 5 nitrogen and oxygen atoms in total. The lowest BCUT2D eigenvalue weighted by Gasteiger charge is -2.37. The van der Waals surface area contributed by atoms with Crippen LogP contribution in [0.5, 0.6) is 0 Å². The fraction of sp³-hybridized carbons (Fsp3) is 0.455. The number of esters is 1. The molecule has 1 saturated heterocycles. The van der Waals surface area contributed by atoms with Crippen molar-refractivity contribution in [2.75, 3.05) is 43.5 Å². The molecule has 4 rings (SSSR count). The van der Waals surface area contributed by atoms with Gasteiger partial charge in [0.05, 0.1) is 12.7 Å². The highest BCUT2D eigenvalue weighted by atomic mass is 32.1. The summed E-state index contributed by atoms with van der Waals surface area (Å²) in [5.74, 6) is 0.103. The number of piperazine rings is 1. The number of nitrogens with zero attached hydrogens (tertiary/aromatic N) is 2. The molecule has 2 aliphatic rings. The smallest absolute Gasteiger partial charge is 0.341 e. The predicted molar refractivity (Wildman–Crippen MR) is 123 cm³/mol. The average molecular weight is 448 g/mol. The summed E-state index contributed by atoms with van der Waals surface area (Å²) in [5.41, 5.74) is 2.79. The molecule has 1 aromatic heterocycles. The first-order chi connectivity index (χ1) is 14.5. The van der Waals surface area contributed by atoms with E-state index in [1.165, 1.54) is 24.1 Å². The Bertz CT molecular complexity index is 937. The number of ether oxygens (including phenoxy) is 1. The summed E-state index contributed by atoms with van der Waals surface area (Å²) in [7, 11) is 1.43. The highest BCUT2D eigenvalue weighted by Gasteiger charge is 2.29. The molecule has 2 heterocycles. The fourth-order valence-corrected chi connectivity index (χ4v) is 5.90. The first-order valence-electron chi connectivity index (χ1n) is 10.3. The Balaban J connectivity index is 1.44. The molecule has 1 aliphatic heterocycles. The summed E-state index contributed by atoms with van der Waals surface area (Å²) >= 11 is 7.30. The van der Waals surface area contributed by atoms with Gasteiger partial charge >= 0.3 is 5.97 Å². The molecule has 2 aromatic rings. The lowest BCUT2D eigenvalue weighted by atomic mass is 9.88. The molecule has 0 bridgehead atoms. The Kier molecular flexibility index (Phi) is 6.24. The Hall–Kier alpha value is -2.19. The van der Waals surface area contributed by atoms with Crippen molar-refractivity contribution >= 4 is 45.3 Å². The van der Waals surface area contributed by atoms with Crippen LogP contribution in [-0.4, -0.2) is 49.3 Å². The van der Waals surface area contributed by atoms with Crippen molar-refractivity contribution in [3.05, 3.63) is 46.1 Å². The van der Waals surface area contributed by atoms with E-state index in [0.717, 1.165) is 61.7 Å². The number of anilines is 2. The van der Waals surface area contributed by atoms with Crippen molar-refractivity contribution in [3.8, 4) is 0 Å². The van der Waals surface area contributed by atoms with E-state index < -0.39 is 0 Å². The number of hydrogen-bond acceptors (Lipinski definition) is 5. The molecule has 0 saturated carbocycles. The summed E-state index contributed by atoms with van der Waals surface area (Å²) in [4.78, 5) is 18.1. The van der Waals surface area contributed by atoms with Gasteiger partial charge in [0, 0.05) is 36.7 Å². The topological polar surface area (TPSA) is 44.8 Å². The minimum absolute atomic E-state index is 0.225. The summed E-state index contributed by atoms with van der Waals surface area (Å²) in [6.07, 6.45) is 2.99. The molecule has 160 valence electrons. The van der Waals surface area contributed by atoms with Crippen LogP contribution in [0.25, 0.3) is 0 Å². The number of fused-ring (bicyclic) bond motifs is 1. The van der Waals surface area contributed by atoms with Crippen LogP contribution in [0.4, 0.5) is 15.1 Å². The van der Waals surface area contributed by atoms with Crippen LogP contribution in [0.3, 0.4) is 0 Å². The zero-order valence-corrected chi connectivity index (χ0v) is 18.9. The molecule has 1 aromatic carbocycles. The van der Waals surface area contributed by atoms with Crippen molar-refractivity contribution in [1.29, 1.82) is 0 Å². The van der Waals surface area contributed by atoms with E-state index in [-0.39, 0.29) is 11.8 Å². The molecule has 1 unspecified atom stereocenters. The van der Waals surface area contributed by atoms with Crippen LogP contribution in [0, 0.1) is 11.7 Å². The van der Waals surface area contributed by atoms with E-state index in [2.05, 4.69) is 22.0 Å². The standard InChI is InChI=1S/C22H26FN3O2S2/c1-14-3-8-17-18(13-14)30-20(19(17)21(27)28-2)24-22(29)26-11-9-25(10-12-26)16-6-4-15(23)5-7-16/h4-7,14H,3,8-13H2,1-2H3,(H,24,29). The molecule has 1 atom stereocenters. The number of benzene rings is 1. The van der Waals surface area contributed by atoms with Gasteiger partial charge in [0.25, 0.3) is 0 Å². The first-order valence-corrected chi connectivity index (χ1v) is 11.5. The Morgan fingerprint density at radius 2 is 1.93 bits per heavy atom. The number of carbonyl (C=O) groups excluding carboxylic acids is 1. The highest BCUT2D eigenvalue weighted by Crippen LogP contribution is 2.40. The minimum atomic E-state index is -0.298. The molecule has 1 fully saturated rings. The van der Waals surface area contributed by atoms with E-state index in [0.29, 0.717) is 16.6 Å². The van der Waals surface area contributed by atoms with Gasteiger partial charge < -0.3 is 19.9 Å². The van der Waals surface area contributed by atoms with Crippen LogP contribution in [-0.2, 0) is 17.6 Å². The SMILES string of the molecule is COC(=O)c1c(NC(=S)N2CCN(c3ccc(F)cc3)CC2)sc2c1CCC(C)C2. The van der Waals surface area contributed by atoms with Gasteiger partial charge in [0.2, 0.25) is 0 Å². The van der Waals surface area contributed by atoms with Gasteiger partial charge in [-0.1, -0.05) is 6.92 Å². The first kappa shape index (κ1) is 21.1. The van der Waals surface area contributed by atoms with E-state index in [9.17, 15) is 9.18 Å². The summed E-state index contributed by atoms with van der Waals surface area (Å²) < 4.78 is 18.2. The average Bonchev–Trinajstić information content (AvgIpc) is 3.10. The second-order valence-electron chi connectivity index (χ2n) is 7.93. The molecule has 0 spiro atoms. The number of carbonyl (C=O) groups is 1. The maximum atomic E-state index is 13.2. The number of thiophene rings is 1. The van der Waals surface area contributed by atoms with Crippen molar-refractivity contribution in [2.24, 2.45) is 5.92 Å². The fourth-order valence-electron chi connectivity index (χ4n) is 4.15. The van der Waals surface area contributed by atoms with Gasteiger partial charge in [-0.05, 0) is 67.2 Å². The molecular formula is C22H26FN3O2S2. The molecule has 0 radical (unpaired) electrons. The minimum Gasteiger partial charge on any atom is -0.465 e. The Morgan fingerprint density at radius 3 is 2.60 bits per heavy atom. The van der Waals surface area contributed by atoms with Gasteiger partial charge in [-0.15, -0.1) is 11.3 Å². The lowest BCUT2D eigenvalue weighted by Crippen LogP contribution is -2.50. The van der Waals surface area contributed by atoms with Crippen LogP contribution >= 0.6 is 23.6 Å². The number of halogens is 1. The lowest BCUT2D eigenvalue weighted by molar-refractivity contribution is 0.0601. The largest absolute Gasteiger partial charge is 0.465 e. The molecule has 30 heavy (non-hydrogen) atoms. The van der Waals surface area contributed by atoms with Crippen LogP contribution < -0.4 is 10.2 Å². The Labute approximate surface area is 185 Å². The molecule has 1 aliphatic carbocycles. The quantitative estimate of drug-likeness (QED) is 0.559. The van der Waals surface area contributed by atoms with E-state index in [1.54, 1.807) is 23.5 Å². The highest BCUT2D eigenvalue weighted by molar-refractivity contribution is 7.80. The third kappa shape index (κ3) is 4.30. The maximum absolute atomic E-state index is 13.2. The normalized spacial score (nSPS) is 18.7. The van der Waals surface area contributed by atoms with Crippen molar-refractivity contribution in [2.45, 2.75) is 26.2 Å². The zero-order chi connectivity index (χ0) is 21.3. The molecule has 1 N–H and O–H groups in total. The number of nitrogens with one attached hydrogen (secondary N) is 1. The van der Waals surface area contributed by atoms with E-state index >= 15 is 0 Å². The maximum Gasteiger partial charge on any atom is 0.341 e. The number of rotatable bonds is 3. The monoisotopic (exact) mass is 447 g/mol. The number of thiocarbonyl (C=S) groups is 1. The summed E-state index contributed by atoms with van der Waals surface area (Å²) in [6, 6.07) is 6.59. The molecule has 8 heteroatoms. The van der Waals surface area contributed by atoms with E-state index in [1.807, 2.05) is 0 Å². The molecular weight excluding hydrogens is 421 g/mol. The van der Waals surface area contributed by atoms with Crippen LogP contribution in [0.2, 0.25) is 0 Å². The number of methoxy groups -OCH3 is 1. The van der Waals surface area contributed by atoms with E-state index in [4.69, 9.17) is 17.0 Å². The van der Waals surface area contributed by atoms with Gasteiger partial charge in [0.15, 0.2) is 5.11 Å². The van der Waals surface area contributed by atoms with Crippen molar-refractivity contribution in [3.63, 3.8) is 0 Å². The van der Waals surface area contributed by atoms with Crippen molar-refractivity contribution < 1.29 is 13.9 Å². The third-order valence-corrected chi connectivity index (χ3v) is 7.41. The van der Waals surface area contributed by atoms with Gasteiger partial charge in [0.1, 0.15) is 10.8 Å².